The predicted molar refractivity (Wildman–Crippen MR) is 126 cm³/mol. The molecule has 0 saturated heterocycles. The van der Waals surface area contributed by atoms with Crippen molar-refractivity contribution >= 4 is 47.2 Å². The molecule has 5 nitrogen and oxygen atoms in total. The number of hydrazone groups is 1. The summed E-state index contributed by atoms with van der Waals surface area (Å²) in [5.74, 6) is 0.948. The van der Waals surface area contributed by atoms with Crippen molar-refractivity contribution < 1.29 is 22.8 Å². The second kappa shape index (κ2) is 10.2. The van der Waals surface area contributed by atoms with Gasteiger partial charge in [-0.1, -0.05) is 30.7 Å². The van der Waals surface area contributed by atoms with E-state index >= 15 is 0 Å². The largest absolute Gasteiger partial charge is 0.416 e. The fraction of sp³-hybridized carbons (Fsp3) is 0.348. The van der Waals surface area contributed by atoms with Crippen molar-refractivity contribution in [3.05, 3.63) is 64.7 Å². The molecule has 33 heavy (non-hydrogen) atoms. The van der Waals surface area contributed by atoms with E-state index in [-0.39, 0.29) is 18.6 Å². The Morgan fingerprint density at radius 1 is 1.21 bits per heavy atom. The minimum absolute atomic E-state index is 0.0298. The molecular weight excluding hydrogens is 475 g/mol. The Labute approximate surface area is 199 Å². The van der Waals surface area contributed by atoms with Crippen LogP contribution < -0.4 is 4.90 Å². The van der Waals surface area contributed by atoms with Crippen molar-refractivity contribution in [2.45, 2.75) is 25.9 Å². The van der Waals surface area contributed by atoms with Crippen LogP contribution in [0, 0.1) is 5.41 Å². The first kappa shape index (κ1) is 25.1. The van der Waals surface area contributed by atoms with E-state index in [0.29, 0.717) is 10.7 Å². The lowest BCUT2D eigenvalue weighted by atomic mass is 9.78. The molecule has 0 saturated carbocycles. The SMILES string of the molecule is CSCCCC1(C)CN(C(=O)N(C=O)c2ccc(C(F)(F)F)cc2)N=C1c1ccc(Cl)cc1. The summed E-state index contributed by atoms with van der Waals surface area (Å²) < 4.78 is 38.6. The van der Waals surface area contributed by atoms with Crippen molar-refractivity contribution in [1.29, 1.82) is 0 Å². The van der Waals surface area contributed by atoms with Gasteiger partial charge in [0.2, 0.25) is 6.41 Å². The molecule has 10 heteroatoms. The molecule has 1 aliphatic heterocycles. The summed E-state index contributed by atoms with van der Waals surface area (Å²) in [5.41, 5.74) is 0.214. The van der Waals surface area contributed by atoms with Gasteiger partial charge in [-0.05, 0) is 66.8 Å². The summed E-state index contributed by atoms with van der Waals surface area (Å²) in [6.45, 7) is 2.25. The molecule has 176 valence electrons. The molecular formula is C23H23ClF3N3O2S. The van der Waals surface area contributed by atoms with Crippen molar-refractivity contribution in [2.24, 2.45) is 10.5 Å². The van der Waals surface area contributed by atoms with Gasteiger partial charge in [-0.25, -0.2) is 14.7 Å². The van der Waals surface area contributed by atoms with Gasteiger partial charge in [0.1, 0.15) is 0 Å². The van der Waals surface area contributed by atoms with Crippen molar-refractivity contribution in [2.75, 3.05) is 23.5 Å². The number of rotatable bonds is 7. The number of alkyl halides is 3. The lowest BCUT2D eigenvalue weighted by Crippen LogP contribution is -2.41. The van der Waals surface area contributed by atoms with Crippen molar-refractivity contribution in [1.82, 2.24) is 5.01 Å². The van der Waals surface area contributed by atoms with Crippen LogP contribution in [0.25, 0.3) is 0 Å². The zero-order valence-corrected chi connectivity index (χ0v) is 19.7. The van der Waals surface area contributed by atoms with E-state index < -0.39 is 23.2 Å². The number of imide groups is 1. The van der Waals surface area contributed by atoms with Crippen LogP contribution in [0.3, 0.4) is 0 Å². The molecule has 0 spiro atoms. The molecule has 0 aliphatic carbocycles. The zero-order valence-electron chi connectivity index (χ0n) is 18.1. The highest BCUT2D eigenvalue weighted by Crippen LogP contribution is 2.37. The maximum absolute atomic E-state index is 13.2. The van der Waals surface area contributed by atoms with Crippen LogP contribution in [-0.2, 0) is 11.0 Å². The van der Waals surface area contributed by atoms with E-state index in [1.165, 1.54) is 5.01 Å². The average Bonchev–Trinajstić information content (AvgIpc) is 3.12. The van der Waals surface area contributed by atoms with Crippen LogP contribution in [0.15, 0.2) is 53.6 Å². The number of hydrogen-bond donors (Lipinski definition) is 0. The Morgan fingerprint density at radius 2 is 1.85 bits per heavy atom. The highest BCUT2D eigenvalue weighted by Gasteiger charge is 2.42. The normalized spacial score (nSPS) is 18.2. The van der Waals surface area contributed by atoms with E-state index in [2.05, 4.69) is 5.10 Å². The number of hydrogen-bond acceptors (Lipinski definition) is 4. The molecule has 1 aliphatic rings. The van der Waals surface area contributed by atoms with E-state index in [4.69, 9.17) is 11.6 Å². The fourth-order valence-corrected chi connectivity index (χ4v) is 4.32. The number of anilines is 1. The number of carbonyl (C=O) groups is 2. The van der Waals surface area contributed by atoms with Gasteiger partial charge in [0, 0.05) is 10.4 Å². The first-order valence-electron chi connectivity index (χ1n) is 10.2. The minimum Gasteiger partial charge on any atom is -0.278 e. The fourth-order valence-electron chi connectivity index (χ4n) is 3.76. The third kappa shape index (κ3) is 5.70. The Hall–Kier alpha value is -2.52. The first-order valence-corrected chi connectivity index (χ1v) is 11.9. The number of halogens is 4. The van der Waals surface area contributed by atoms with Gasteiger partial charge in [0.15, 0.2) is 0 Å². The number of nitrogens with zero attached hydrogens (tertiary/aromatic N) is 3. The minimum atomic E-state index is -4.51. The second-order valence-corrected chi connectivity index (χ2v) is 9.39. The summed E-state index contributed by atoms with van der Waals surface area (Å²) in [6.07, 6.45) is -0.540. The second-order valence-electron chi connectivity index (χ2n) is 7.97. The molecule has 0 aromatic heterocycles. The van der Waals surface area contributed by atoms with Gasteiger partial charge >= 0.3 is 12.2 Å². The van der Waals surface area contributed by atoms with Gasteiger partial charge < -0.3 is 0 Å². The van der Waals surface area contributed by atoms with E-state index in [1.54, 1.807) is 23.9 Å². The number of thioether (sulfide) groups is 1. The third-order valence-corrected chi connectivity index (χ3v) is 6.44. The quantitative estimate of drug-likeness (QED) is 0.332. The van der Waals surface area contributed by atoms with Gasteiger partial charge in [0.05, 0.1) is 23.5 Å². The summed E-state index contributed by atoms with van der Waals surface area (Å²) in [7, 11) is 0. The van der Waals surface area contributed by atoms with E-state index in [0.717, 1.165) is 53.3 Å². The van der Waals surface area contributed by atoms with Crippen LogP contribution in [0.2, 0.25) is 5.02 Å². The van der Waals surface area contributed by atoms with Gasteiger partial charge in [0.25, 0.3) is 0 Å². The molecule has 1 unspecified atom stereocenters. The average molecular weight is 498 g/mol. The van der Waals surface area contributed by atoms with Crippen LogP contribution >= 0.6 is 23.4 Å². The van der Waals surface area contributed by atoms with E-state index in [1.807, 2.05) is 25.3 Å². The Morgan fingerprint density at radius 3 is 2.39 bits per heavy atom. The maximum Gasteiger partial charge on any atom is 0.416 e. The molecule has 0 fully saturated rings. The van der Waals surface area contributed by atoms with E-state index in [9.17, 15) is 22.8 Å². The molecule has 0 bridgehead atoms. The summed E-state index contributed by atoms with van der Waals surface area (Å²) >= 11 is 7.74. The highest BCUT2D eigenvalue weighted by molar-refractivity contribution is 7.98. The molecule has 1 heterocycles. The van der Waals surface area contributed by atoms with Crippen molar-refractivity contribution in [3.63, 3.8) is 0 Å². The number of amides is 3. The molecule has 2 aromatic carbocycles. The lowest BCUT2D eigenvalue weighted by Gasteiger charge is -2.27. The molecule has 2 aromatic rings. The summed E-state index contributed by atoms with van der Waals surface area (Å²) in [6, 6.07) is 10.3. The van der Waals surface area contributed by atoms with Crippen LogP contribution in [-0.4, -0.2) is 41.7 Å². The zero-order chi connectivity index (χ0) is 24.2. The maximum atomic E-state index is 13.2. The molecule has 1 atom stereocenters. The molecule has 0 radical (unpaired) electrons. The highest BCUT2D eigenvalue weighted by atomic mass is 35.5. The monoisotopic (exact) mass is 497 g/mol. The molecule has 3 rings (SSSR count). The third-order valence-electron chi connectivity index (χ3n) is 5.49. The number of urea groups is 1. The van der Waals surface area contributed by atoms with Crippen LogP contribution in [0.1, 0.15) is 30.9 Å². The van der Waals surface area contributed by atoms with Gasteiger partial charge in [-0.3, -0.25) is 4.79 Å². The molecule has 3 amide bonds. The summed E-state index contributed by atoms with van der Waals surface area (Å²) in [4.78, 5) is 25.7. The van der Waals surface area contributed by atoms with Crippen molar-refractivity contribution in [3.8, 4) is 0 Å². The first-order chi connectivity index (χ1) is 15.6. The van der Waals surface area contributed by atoms with Gasteiger partial charge in [-0.2, -0.15) is 30.0 Å². The summed E-state index contributed by atoms with van der Waals surface area (Å²) in [5, 5.41) is 6.32. The number of benzene rings is 2. The lowest BCUT2D eigenvalue weighted by molar-refractivity contribution is -0.137. The topological polar surface area (TPSA) is 53.0 Å². The predicted octanol–water partition coefficient (Wildman–Crippen LogP) is 6.31. The smallest absolute Gasteiger partial charge is 0.278 e. The Bertz CT molecular complexity index is 1030. The Balaban J connectivity index is 1.90. The van der Waals surface area contributed by atoms with Gasteiger partial charge in [-0.15, -0.1) is 0 Å². The standard InChI is InChI=1S/C23H23ClF3N3O2S/c1-22(12-3-13-33-2)14-30(28-20(22)16-4-8-18(24)9-5-16)21(32)29(15-31)19-10-6-17(7-11-19)23(25,26)27/h4-11,15H,3,12-14H2,1-2H3. The molecule has 0 N–H and O–H groups in total. The number of carbonyl (C=O) groups excluding carboxylic acids is 2. The van der Waals surface area contributed by atoms with Crippen LogP contribution in [0.5, 0.6) is 0 Å². The Kier molecular flexibility index (Phi) is 7.74. The van der Waals surface area contributed by atoms with Crippen LogP contribution in [0.4, 0.5) is 23.7 Å².